The van der Waals surface area contributed by atoms with E-state index in [-0.39, 0.29) is 17.9 Å². The normalized spacial score (nSPS) is 14.8. The maximum absolute atomic E-state index is 13.8. The monoisotopic (exact) mass is 427 g/mol. The van der Waals surface area contributed by atoms with Gasteiger partial charge in [0.25, 0.3) is 11.5 Å². The Morgan fingerprint density at radius 3 is 2.53 bits per heavy atom. The van der Waals surface area contributed by atoms with Crippen molar-refractivity contribution in [1.29, 1.82) is 0 Å². The second-order valence-electron chi connectivity index (χ2n) is 7.39. The lowest BCUT2D eigenvalue weighted by Gasteiger charge is -2.40. The highest BCUT2D eigenvalue weighted by atomic mass is 35.5. The van der Waals surface area contributed by atoms with Crippen LogP contribution in [0.25, 0.3) is 16.9 Å². The van der Waals surface area contributed by atoms with Crippen LogP contribution in [0.15, 0.2) is 59.4 Å². The molecule has 6 nitrogen and oxygen atoms in total. The van der Waals surface area contributed by atoms with Crippen LogP contribution in [-0.4, -0.2) is 32.9 Å². The SMILES string of the molecule is O=C(NC1(CO)CCC1)c1cc(-c2ccc(Cl)cc2)nn(-c2cccc(F)c2)c1=O. The zero-order valence-electron chi connectivity index (χ0n) is 15.9. The van der Waals surface area contributed by atoms with Crippen molar-refractivity contribution in [3.63, 3.8) is 0 Å². The van der Waals surface area contributed by atoms with Gasteiger partial charge in [-0.3, -0.25) is 9.59 Å². The average molecular weight is 428 g/mol. The second kappa shape index (κ2) is 8.01. The van der Waals surface area contributed by atoms with Gasteiger partial charge in [-0.05, 0) is 55.7 Å². The third-order valence-electron chi connectivity index (χ3n) is 5.34. The first kappa shape index (κ1) is 20.3. The number of halogens is 2. The molecule has 1 fully saturated rings. The van der Waals surface area contributed by atoms with E-state index in [1.807, 2.05) is 0 Å². The molecule has 0 bridgehead atoms. The summed E-state index contributed by atoms with van der Waals surface area (Å²) in [6, 6.07) is 13.6. The molecule has 0 unspecified atom stereocenters. The van der Waals surface area contributed by atoms with Gasteiger partial charge in [-0.15, -0.1) is 0 Å². The van der Waals surface area contributed by atoms with Crippen molar-refractivity contribution >= 4 is 17.5 Å². The molecule has 0 spiro atoms. The Morgan fingerprint density at radius 1 is 1.20 bits per heavy atom. The highest BCUT2D eigenvalue weighted by Gasteiger charge is 2.38. The smallest absolute Gasteiger partial charge is 0.284 e. The van der Waals surface area contributed by atoms with Gasteiger partial charge in [-0.2, -0.15) is 9.78 Å². The van der Waals surface area contributed by atoms with Crippen LogP contribution < -0.4 is 10.9 Å². The first-order valence-corrected chi connectivity index (χ1v) is 9.88. The van der Waals surface area contributed by atoms with Crippen molar-refractivity contribution < 1.29 is 14.3 Å². The van der Waals surface area contributed by atoms with Crippen LogP contribution in [-0.2, 0) is 0 Å². The molecule has 1 heterocycles. The molecule has 1 amide bonds. The quantitative estimate of drug-likeness (QED) is 0.654. The summed E-state index contributed by atoms with van der Waals surface area (Å²) < 4.78 is 14.8. The Hall–Kier alpha value is -3.03. The van der Waals surface area contributed by atoms with Gasteiger partial charge < -0.3 is 10.4 Å². The molecule has 154 valence electrons. The van der Waals surface area contributed by atoms with E-state index in [0.717, 1.165) is 11.1 Å². The van der Waals surface area contributed by atoms with E-state index in [0.29, 0.717) is 29.1 Å². The van der Waals surface area contributed by atoms with Gasteiger partial charge >= 0.3 is 0 Å². The molecule has 0 radical (unpaired) electrons. The van der Waals surface area contributed by atoms with Crippen molar-refractivity contribution in [2.45, 2.75) is 24.8 Å². The number of nitrogens with one attached hydrogen (secondary N) is 1. The third kappa shape index (κ3) is 3.86. The van der Waals surface area contributed by atoms with E-state index in [2.05, 4.69) is 10.4 Å². The van der Waals surface area contributed by atoms with E-state index in [4.69, 9.17) is 11.6 Å². The summed E-state index contributed by atoms with van der Waals surface area (Å²) in [6.45, 7) is -0.202. The fraction of sp³-hybridized carbons (Fsp3) is 0.227. The number of amides is 1. The molecule has 1 aromatic heterocycles. The maximum atomic E-state index is 13.8. The highest BCUT2D eigenvalue weighted by Crippen LogP contribution is 2.31. The fourth-order valence-corrected chi connectivity index (χ4v) is 3.56. The molecule has 8 heteroatoms. The van der Waals surface area contributed by atoms with E-state index in [9.17, 15) is 19.1 Å². The number of aliphatic hydroxyl groups is 1. The number of nitrogens with zero attached hydrogens (tertiary/aromatic N) is 2. The molecule has 4 rings (SSSR count). The molecular formula is C22H19ClFN3O3. The lowest BCUT2D eigenvalue weighted by molar-refractivity contribution is 0.0640. The Kier molecular flexibility index (Phi) is 5.40. The lowest BCUT2D eigenvalue weighted by Crippen LogP contribution is -2.56. The van der Waals surface area contributed by atoms with Crippen LogP contribution in [0.3, 0.4) is 0 Å². The Morgan fingerprint density at radius 2 is 1.93 bits per heavy atom. The lowest BCUT2D eigenvalue weighted by atomic mass is 9.77. The topological polar surface area (TPSA) is 84.2 Å². The van der Waals surface area contributed by atoms with Crippen molar-refractivity contribution in [3.05, 3.63) is 81.4 Å². The summed E-state index contributed by atoms with van der Waals surface area (Å²) in [5.41, 5.74) is -0.337. The molecule has 1 aliphatic rings. The molecule has 0 atom stereocenters. The average Bonchev–Trinajstić information content (AvgIpc) is 2.71. The predicted molar refractivity (Wildman–Crippen MR) is 111 cm³/mol. The van der Waals surface area contributed by atoms with E-state index in [1.54, 1.807) is 24.3 Å². The van der Waals surface area contributed by atoms with Gasteiger partial charge in [0.15, 0.2) is 0 Å². The number of aliphatic hydroxyl groups excluding tert-OH is 1. The van der Waals surface area contributed by atoms with Crippen LogP contribution >= 0.6 is 11.6 Å². The van der Waals surface area contributed by atoms with Gasteiger partial charge in [-0.25, -0.2) is 4.39 Å². The van der Waals surface area contributed by atoms with Crippen LogP contribution in [0.2, 0.25) is 5.02 Å². The second-order valence-corrected chi connectivity index (χ2v) is 7.83. The first-order chi connectivity index (χ1) is 14.4. The first-order valence-electron chi connectivity index (χ1n) is 9.50. The van der Waals surface area contributed by atoms with E-state index in [1.165, 1.54) is 30.3 Å². The van der Waals surface area contributed by atoms with E-state index < -0.39 is 22.8 Å². The number of hydrogen-bond donors (Lipinski definition) is 2. The number of benzene rings is 2. The van der Waals surface area contributed by atoms with Crippen molar-refractivity contribution in [1.82, 2.24) is 15.1 Å². The number of aromatic nitrogens is 2. The molecular weight excluding hydrogens is 409 g/mol. The number of carbonyl (C=O) groups is 1. The van der Waals surface area contributed by atoms with Crippen LogP contribution in [0, 0.1) is 5.82 Å². The molecule has 1 aliphatic carbocycles. The summed E-state index contributed by atoms with van der Waals surface area (Å²) in [4.78, 5) is 26.0. The standard InChI is InChI=1S/C22H19ClFN3O3/c23-15-7-5-14(6-8-15)19-12-18(20(29)25-22(13-28)9-2-10-22)21(30)27(26-19)17-4-1-3-16(24)11-17/h1,3-8,11-12,28H,2,9-10,13H2,(H,25,29). The molecule has 0 aliphatic heterocycles. The summed E-state index contributed by atoms with van der Waals surface area (Å²) in [6.07, 6.45) is 2.17. The minimum Gasteiger partial charge on any atom is -0.394 e. The van der Waals surface area contributed by atoms with Crippen molar-refractivity contribution in [2.24, 2.45) is 0 Å². The minimum atomic E-state index is -0.711. The van der Waals surface area contributed by atoms with E-state index >= 15 is 0 Å². The fourth-order valence-electron chi connectivity index (χ4n) is 3.44. The van der Waals surface area contributed by atoms with Gasteiger partial charge in [0.1, 0.15) is 11.4 Å². The summed E-state index contributed by atoms with van der Waals surface area (Å²) in [7, 11) is 0. The summed E-state index contributed by atoms with van der Waals surface area (Å²) >= 11 is 5.96. The number of carbonyl (C=O) groups excluding carboxylic acids is 1. The zero-order chi connectivity index (χ0) is 21.3. The van der Waals surface area contributed by atoms with Gasteiger partial charge in [-0.1, -0.05) is 29.8 Å². The number of rotatable bonds is 5. The maximum Gasteiger partial charge on any atom is 0.284 e. The van der Waals surface area contributed by atoms with Crippen molar-refractivity contribution in [2.75, 3.05) is 6.61 Å². The van der Waals surface area contributed by atoms with Gasteiger partial charge in [0, 0.05) is 10.6 Å². The van der Waals surface area contributed by atoms with Crippen molar-refractivity contribution in [3.8, 4) is 16.9 Å². The molecule has 2 aromatic carbocycles. The Balaban J connectivity index is 1.85. The zero-order valence-corrected chi connectivity index (χ0v) is 16.7. The minimum absolute atomic E-state index is 0.140. The molecule has 2 N–H and O–H groups in total. The van der Waals surface area contributed by atoms with Crippen LogP contribution in [0.1, 0.15) is 29.6 Å². The molecule has 30 heavy (non-hydrogen) atoms. The number of hydrogen-bond acceptors (Lipinski definition) is 4. The third-order valence-corrected chi connectivity index (χ3v) is 5.59. The van der Waals surface area contributed by atoms with Crippen LogP contribution in [0.5, 0.6) is 0 Å². The van der Waals surface area contributed by atoms with Gasteiger partial charge in [0.05, 0.1) is 23.5 Å². The van der Waals surface area contributed by atoms with Crippen LogP contribution in [0.4, 0.5) is 4.39 Å². The highest BCUT2D eigenvalue weighted by molar-refractivity contribution is 6.30. The largest absolute Gasteiger partial charge is 0.394 e. The summed E-state index contributed by atoms with van der Waals surface area (Å²) in [5.74, 6) is -1.13. The van der Waals surface area contributed by atoms with Gasteiger partial charge in [0.2, 0.25) is 0 Å². The molecule has 0 saturated heterocycles. The molecule has 3 aromatic rings. The predicted octanol–water partition coefficient (Wildman–Crippen LogP) is 3.34. The Labute approximate surface area is 176 Å². The molecule has 1 saturated carbocycles. The Bertz CT molecular complexity index is 1150. The summed E-state index contributed by atoms with van der Waals surface area (Å²) in [5, 5.41) is 17.3.